The molecule has 0 saturated heterocycles. The Morgan fingerprint density at radius 2 is 2.00 bits per heavy atom. The molecule has 2 rings (SSSR count). The molecule has 0 saturated carbocycles. The number of rotatable bonds is 5. The van der Waals surface area contributed by atoms with Crippen LogP contribution in [0, 0.1) is 0 Å². The number of carboxylic acid groups (broad SMARTS) is 1. The fourth-order valence-corrected chi connectivity index (χ4v) is 1.83. The zero-order chi connectivity index (χ0) is 14.7. The maximum absolute atomic E-state index is 11.1. The maximum Gasteiger partial charge on any atom is 0.358 e. The van der Waals surface area contributed by atoms with Crippen molar-refractivity contribution in [3.63, 3.8) is 0 Å². The third-order valence-electron chi connectivity index (χ3n) is 2.86. The number of anilines is 1. The molecule has 0 aliphatic rings. The second kappa shape index (κ2) is 5.70. The molecule has 106 valence electrons. The molecule has 0 aliphatic carbocycles. The molecule has 0 unspecified atom stereocenters. The molecular weight excluding hydrogens is 260 g/mol. The highest BCUT2D eigenvalue weighted by atomic mass is 16.5. The Morgan fingerprint density at radius 1 is 1.35 bits per heavy atom. The van der Waals surface area contributed by atoms with E-state index < -0.39 is 5.97 Å². The van der Waals surface area contributed by atoms with Gasteiger partial charge in [0.15, 0.2) is 5.69 Å². The van der Waals surface area contributed by atoms with Gasteiger partial charge in [0.25, 0.3) is 0 Å². The first-order chi connectivity index (χ1) is 9.54. The van der Waals surface area contributed by atoms with Crippen molar-refractivity contribution >= 4 is 11.7 Å². The van der Waals surface area contributed by atoms with Gasteiger partial charge in [0, 0.05) is 26.9 Å². The van der Waals surface area contributed by atoms with Crippen LogP contribution in [0.5, 0.6) is 0 Å². The van der Waals surface area contributed by atoms with Gasteiger partial charge in [0.2, 0.25) is 0 Å². The number of aromatic nitrogens is 3. The number of carbonyl (C=O) groups is 1. The third kappa shape index (κ3) is 2.62. The summed E-state index contributed by atoms with van der Waals surface area (Å²) in [5.41, 5.74) is 2.10. The molecule has 0 aliphatic heterocycles. The van der Waals surface area contributed by atoms with E-state index in [1.165, 1.54) is 11.8 Å². The second-order valence-corrected chi connectivity index (χ2v) is 4.45. The molecule has 1 N–H and O–H groups in total. The van der Waals surface area contributed by atoms with Gasteiger partial charge in [-0.1, -0.05) is 5.21 Å². The summed E-state index contributed by atoms with van der Waals surface area (Å²) in [6, 6.07) is 7.56. The Labute approximate surface area is 116 Å². The molecule has 2 aromatic rings. The largest absolute Gasteiger partial charge is 0.476 e. The summed E-state index contributed by atoms with van der Waals surface area (Å²) in [6.45, 7) is 0.129. The summed E-state index contributed by atoms with van der Waals surface area (Å²) < 4.78 is 6.51. The molecule has 7 heteroatoms. The van der Waals surface area contributed by atoms with Gasteiger partial charge in [0.1, 0.15) is 5.69 Å². The zero-order valence-corrected chi connectivity index (χ0v) is 11.6. The lowest BCUT2D eigenvalue weighted by Gasteiger charge is -2.13. The summed E-state index contributed by atoms with van der Waals surface area (Å²) in [5, 5.41) is 16.7. The molecule has 1 aromatic heterocycles. The van der Waals surface area contributed by atoms with Crippen LogP contribution < -0.4 is 4.90 Å². The molecule has 7 nitrogen and oxygen atoms in total. The molecule has 0 bridgehead atoms. The normalized spacial score (nSPS) is 10.6. The van der Waals surface area contributed by atoms with E-state index in [1.54, 1.807) is 0 Å². The van der Waals surface area contributed by atoms with Gasteiger partial charge in [-0.25, -0.2) is 9.48 Å². The minimum Gasteiger partial charge on any atom is -0.476 e. The molecule has 1 heterocycles. The fourth-order valence-electron chi connectivity index (χ4n) is 1.83. The highest BCUT2D eigenvalue weighted by Crippen LogP contribution is 2.18. The lowest BCUT2D eigenvalue weighted by molar-refractivity contribution is 0.0685. The van der Waals surface area contributed by atoms with E-state index in [0.717, 1.165) is 11.4 Å². The lowest BCUT2D eigenvalue weighted by atomic mass is 10.2. The van der Waals surface area contributed by atoms with Crippen molar-refractivity contribution in [2.75, 3.05) is 26.1 Å². The first-order valence-corrected chi connectivity index (χ1v) is 5.99. The average Bonchev–Trinajstić information content (AvgIpc) is 2.83. The third-order valence-corrected chi connectivity index (χ3v) is 2.86. The Morgan fingerprint density at radius 3 is 2.50 bits per heavy atom. The number of benzene rings is 1. The molecule has 0 spiro atoms. The van der Waals surface area contributed by atoms with Crippen LogP contribution in [0.2, 0.25) is 0 Å². The highest BCUT2D eigenvalue weighted by molar-refractivity contribution is 5.86. The SMILES string of the molecule is COCc1c(C(=O)O)nnn1-c1ccc(N(C)C)cc1. The number of nitrogens with zero attached hydrogens (tertiary/aromatic N) is 4. The van der Waals surface area contributed by atoms with Crippen molar-refractivity contribution in [1.82, 2.24) is 15.0 Å². The minimum absolute atomic E-state index is 0.0939. The van der Waals surface area contributed by atoms with Crippen LogP contribution >= 0.6 is 0 Å². The Bertz CT molecular complexity index is 605. The van der Waals surface area contributed by atoms with Crippen LogP contribution in [0.4, 0.5) is 5.69 Å². The van der Waals surface area contributed by atoms with E-state index in [0.29, 0.717) is 5.69 Å². The molecule has 0 radical (unpaired) electrons. The van der Waals surface area contributed by atoms with Crippen molar-refractivity contribution in [2.24, 2.45) is 0 Å². The van der Waals surface area contributed by atoms with Crippen LogP contribution in [-0.4, -0.2) is 47.3 Å². The van der Waals surface area contributed by atoms with Gasteiger partial charge in [-0.2, -0.15) is 0 Å². The Hall–Kier alpha value is -2.41. The number of hydrogen-bond acceptors (Lipinski definition) is 5. The predicted octanol–water partition coefficient (Wildman–Crippen LogP) is 1.18. The van der Waals surface area contributed by atoms with Crippen molar-refractivity contribution < 1.29 is 14.6 Å². The minimum atomic E-state index is -1.12. The molecule has 0 fully saturated rings. The molecule has 20 heavy (non-hydrogen) atoms. The van der Waals surface area contributed by atoms with Crippen LogP contribution in [0.25, 0.3) is 5.69 Å². The predicted molar refractivity (Wildman–Crippen MR) is 73.4 cm³/mol. The monoisotopic (exact) mass is 276 g/mol. The van der Waals surface area contributed by atoms with E-state index >= 15 is 0 Å². The summed E-state index contributed by atoms with van der Waals surface area (Å²) in [7, 11) is 5.39. The van der Waals surface area contributed by atoms with E-state index in [9.17, 15) is 4.79 Å². The second-order valence-electron chi connectivity index (χ2n) is 4.45. The van der Waals surface area contributed by atoms with E-state index in [1.807, 2.05) is 43.3 Å². The maximum atomic E-state index is 11.1. The Kier molecular flexibility index (Phi) is 3.99. The number of methoxy groups -OCH3 is 1. The topological polar surface area (TPSA) is 80.5 Å². The number of hydrogen-bond donors (Lipinski definition) is 1. The lowest BCUT2D eigenvalue weighted by Crippen LogP contribution is -2.10. The number of aromatic carboxylic acids is 1. The van der Waals surface area contributed by atoms with Crippen LogP contribution in [0.3, 0.4) is 0 Å². The van der Waals surface area contributed by atoms with Crippen LogP contribution in [-0.2, 0) is 11.3 Å². The quantitative estimate of drug-likeness (QED) is 0.883. The first-order valence-electron chi connectivity index (χ1n) is 5.99. The number of ether oxygens (including phenoxy) is 1. The van der Waals surface area contributed by atoms with E-state index in [4.69, 9.17) is 9.84 Å². The van der Waals surface area contributed by atoms with Crippen LogP contribution in [0.1, 0.15) is 16.2 Å². The summed E-state index contributed by atoms with van der Waals surface area (Å²) in [5.74, 6) is -1.12. The number of carboxylic acids is 1. The van der Waals surface area contributed by atoms with Gasteiger partial charge in [-0.05, 0) is 24.3 Å². The molecular formula is C13H16N4O3. The first kappa shape index (κ1) is 14.0. The molecule has 1 aromatic carbocycles. The standard InChI is InChI=1S/C13H16N4O3/c1-16(2)9-4-6-10(7-5-9)17-11(8-20-3)12(13(18)19)14-15-17/h4-7H,8H2,1-3H3,(H,18,19). The summed E-state index contributed by atoms with van der Waals surface area (Å²) in [6.07, 6.45) is 0. The van der Waals surface area contributed by atoms with Gasteiger partial charge in [-0.3, -0.25) is 0 Å². The fraction of sp³-hybridized carbons (Fsp3) is 0.308. The van der Waals surface area contributed by atoms with Crippen molar-refractivity contribution in [2.45, 2.75) is 6.61 Å². The average molecular weight is 276 g/mol. The van der Waals surface area contributed by atoms with Gasteiger partial charge >= 0.3 is 5.97 Å². The van der Waals surface area contributed by atoms with E-state index in [-0.39, 0.29) is 12.3 Å². The molecule has 0 amide bonds. The van der Waals surface area contributed by atoms with Crippen LogP contribution in [0.15, 0.2) is 24.3 Å². The zero-order valence-electron chi connectivity index (χ0n) is 11.6. The summed E-state index contributed by atoms with van der Waals surface area (Å²) >= 11 is 0. The highest BCUT2D eigenvalue weighted by Gasteiger charge is 2.19. The molecule has 0 atom stereocenters. The van der Waals surface area contributed by atoms with Gasteiger partial charge in [0.05, 0.1) is 12.3 Å². The van der Waals surface area contributed by atoms with Gasteiger partial charge in [-0.15, -0.1) is 5.10 Å². The Balaban J connectivity index is 2.43. The smallest absolute Gasteiger partial charge is 0.358 e. The van der Waals surface area contributed by atoms with Crippen molar-refractivity contribution in [1.29, 1.82) is 0 Å². The van der Waals surface area contributed by atoms with Crippen molar-refractivity contribution in [3.8, 4) is 5.69 Å². The van der Waals surface area contributed by atoms with Crippen molar-refractivity contribution in [3.05, 3.63) is 35.7 Å². The van der Waals surface area contributed by atoms with Gasteiger partial charge < -0.3 is 14.7 Å². The summed E-state index contributed by atoms with van der Waals surface area (Å²) in [4.78, 5) is 13.1. The van der Waals surface area contributed by atoms with E-state index in [2.05, 4.69) is 10.3 Å².